The van der Waals surface area contributed by atoms with Crippen LogP contribution in [0.4, 0.5) is 0 Å². The largest absolute Gasteiger partial charge is 0.471 e. The number of nitriles is 1. The second kappa shape index (κ2) is 7.51. The molecule has 1 atom stereocenters. The Labute approximate surface area is 131 Å². The third-order valence-corrected chi connectivity index (χ3v) is 5.46. The van der Waals surface area contributed by atoms with Crippen molar-refractivity contribution < 1.29 is 13.2 Å². The van der Waals surface area contributed by atoms with E-state index in [-0.39, 0.29) is 23.4 Å². The number of hydrogen-bond donors (Lipinski definition) is 0. The summed E-state index contributed by atoms with van der Waals surface area (Å²) in [6.07, 6.45) is 5.56. The molecule has 120 valence electrons. The molecule has 2 rings (SSSR count). The highest BCUT2D eigenvalue weighted by atomic mass is 32.2. The molecule has 0 bridgehead atoms. The Bertz CT molecular complexity index is 642. The van der Waals surface area contributed by atoms with Gasteiger partial charge in [-0.3, -0.25) is 0 Å². The van der Waals surface area contributed by atoms with Crippen LogP contribution in [0.5, 0.6) is 5.88 Å². The summed E-state index contributed by atoms with van der Waals surface area (Å²) in [5, 5.41) is 8.99. The molecular formula is C14H20N4O3S. The molecule has 0 N–H and O–H groups in total. The summed E-state index contributed by atoms with van der Waals surface area (Å²) < 4.78 is 31.7. The summed E-state index contributed by atoms with van der Waals surface area (Å²) in [5.41, 5.74) is 0.119. The van der Waals surface area contributed by atoms with Crippen molar-refractivity contribution in [2.75, 3.05) is 18.8 Å². The zero-order valence-electron chi connectivity index (χ0n) is 12.6. The standard InChI is InChI=1S/C14H20N4O3S/c1-2-3-9-22(19,20)18-8-4-5-12(11-18)21-14-13(10-15)16-6-7-17-14/h6-7,12H,2-5,8-9,11H2,1H3/t12-/m0/s1. The minimum atomic E-state index is -3.23. The van der Waals surface area contributed by atoms with Crippen molar-refractivity contribution in [3.05, 3.63) is 18.1 Å². The first-order chi connectivity index (χ1) is 10.6. The van der Waals surface area contributed by atoms with Gasteiger partial charge in [0.2, 0.25) is 15.7 Å². The maximum absolute atomic E-state index is 12.3. The molecule has 1 fully saturated rings. The van der Waals surface area contributed by atoms with Crippen LogP contribution in [0.15, 0.2) is 12.4 Å². The maximum Gasteiger partial charge on any atom is 0.251 e. The summed E-state index contributed by atoms with van der Waals surface area (Å²) in [5.74, 6) is 0.341. The average molecular weight is 324 g/mol. The van der Waals surface area contributed by atoms with Crippen LogP contribution in [0.25, 0.3) is 0 Å². The second-order valence-corrected chi connectivity index (χ2v) is 7.32. The fourth-order valence-electron chi connectivity index (χ4n) is 2.36. The van der Waals surface area contributed by atoms with Gasteiger partial charge in [0.25, 0.3) is 5.88 Å². The lowest BCUT2D eigenvalue weighted by Crippen LogP contribution is -2.45. The highest BCUT2D eigenvalue weighted by Gasteiger charge is 2.30. The SMILES string of the molecule is CCCCS(=O)(=O)N1CCC[C@H](Oc2nccnc2C#N)C1. The van der Waals surface area contributed by atoms with Gasteiger partial charge in [-0.1, -0.05) is 13.3 Å². The smallest absolute Gasteiger partial charge is 0.251 e. The molecule has 0 aromatic carbocycles. The summed E-state index contributed by atoms with van der Waals surface area (Å²) in [4.78, 5) is 7.90. The van der Waals surface area contributed by atoms with E-state index in [1.165, 1.54) is 16.7 Å². The number of sulfonamides is 1. The highest BCUT2D eigenvalue weighted by molar-refractivity contribution is 7.89. The fourth-order valence-corrected chi connectivity index (χ4v) is 4.07. The summed E-state index contributed by atoms with van der Waals surface area (Å²) in [7, 11) is -3.23. The Balaban J connectivity index is 2.03. The topological polar surface area (TPSA) is 96.2 Å². The first-order valence-electron chi connectivity index (χ1n) is 7.42. The third kappa shape index (κ3) is 4.15. The van der Waals surface area contributed by atoms with Gasteiger partial charge in [-0.05, 0) is 19.3 Å². The highest BCUT2D eigenvalue weighted by Crippen LogP contribution is 2.20. The van der Waals surface area contributed by atoms with Gasteiger partial charge in [-0.25, -0.2) is 18.4 Å². The number of hydrogen-bond acceptors (Lipinski definition) is 6. The molecule has 1 saturated heterocycles. The minimum Gasteiger partial charge on any atom is -0.471 e. The molecule has 0 spiro atoms. The Morgan fingerprint density at radius 2 is 2.23 bits per heavy atom. The molecule has 1 aromatic rings. The molecule has 0 saturated carbocycles. The Kier molecular flexibility index (Phi) is 5.69. The van der Waals surface area contributed by atoms with Crippen LogP contribution in [0, 0.1) is 11.3 Å². The van der Waals surface area contributed by atoms with Crippen molar-refractivity contribution in [3.8, 4) is 11.9 Å². The van der Waals surface area contributed by atoms with Gasteiger partial charge in [-0.15, -0.1) is 0 Å². The van der Waals surface area contributed by atoms with E-state index in [1.807, 2.05) is 13.0 Å². The average Bonchev–Trinajstić information content (AvgIpc) is 2.54. The van der Waals surface area contributed by atoms with Gasteiger partial charge >= 0.3 is 0 Å². The number of aromatic nitrogens is 2. The molecule has 0 aliphatic carbocycles. The molecule has 0 unspecified atom stereocenters. The lowest BCUT2D eigenvalue weighted by molar-refractivity contribution is 0.124. The molecule has 2 heterocycles. The monoisotopic (exact) mass is 324 g/mol. The van der Waals surface area contributed by atoms with Gasteiger partial charge in [0.1, 0.15) is 12.2 Å². The van der Waals surface area contributed by atoms with E-state index in [4.69, 9.17) is 10.00 Å². The zero-order valence-corrected chi connectivity index (χ0v) is 13.4. The number of rotatable bonds is 6. The van der Waals surface area contributed by atoms with Gasteiger partial charge in [0.15, 0.2) is 0 Å². The van der Waals surface area contributed by atoms with E-state index in [9.17, 15) is 8.42 Å². The molecular weight excluding hydrogens is 304 g/mol. The predicted molar refractivity (Wildman–Crippen MR) is 80.7 cm³/mol. The van der Waals surface area contributed by atoms with Gasteiger partial charge < -0.3 is 4.74 Å². The van der Waals surface area contributed by atoms with Crippen molar-refractivity contribution in [3.63, 3.8) is 0 Å². The summed E-state index contributed by atoms with van der Waals surface area (Å²) in [6.45, 7) is 2.79. The van der Waals surface area contributed by atoms with E-state index in [2.05, 4.69) is 9.97 Å². The van der Waals surface area contributed by atoms with E-state index >= 15 is 0 Å². The molecule has 0 radical (unpaired) electrons. The lowest BCUT2D eigenvalue weighted by Gasteiger charge is -2.31. The van der Waals surface area contributed by atoms with Gasteiger partial charge in [0, 0.05) is 18.9 Å². The normalized spacial score (nSPS) is 19.5. The molecule has 7 nitrogen and oxygen atoms in total. The van der Waals surface area contributed by atoms with Crippen LogP contribution in [-0.4, -0.2) is 47.6 Å². The number of piperidine rings is 1. The quantitative estimate of drug-likeness (QED) is 0.783. The Hall–Kier alpha value is -1.72. The van der Waals surface area contributed by atoms with Crippen LogP contribution >= 0.6 is 0 Å². The molecule has 0 amide bonds. The third-order valence-electron chi connectivity index (χ3n) is 3.54. The van der Waals surface area contributed by atoms with Crippen LogP contribution in [-0.2, 0) is 10.0 Å². The van der Waals surface area contributed by atoms with E-state index in [0.717, 1.165) is 19.3 Å². The van der Waals surface area contributed by atoms with E-state index in [1.54, 1.807) is 0 Å². The van der Waals surface area contributed by atoms with Crippen molar-refractivity contribution >= 4 is 10.0 Å². The second-order valence-electron chi connectivity index (χ2n) is 5.23. The first kappa shape index (κ1) is 16.6. The fraction of sp³-hybridized carbons (Fsp3) is 0.643. The Morgan fingerprint density at radius 3 is 2.95 bits per heavy atom. The molecule has 1 aromatic heterocycles. The molecule has 1 aliphatic heterocycles. The van der Waals surface area contributed by atoms with Crippen molar-refractivity contribution in [2.24, 2.45) is 0 Å². The number of unbranched alkanes of at least 4 members (excludes halogenated alkanes) is 1. The minimum absolute atomic E-state index is 0.119. The Morgan fingerprint density at radius 1 is 1.45 bits per heavy atom. The summed E-state index contributed by atoms with van der Waals surface area (Å²) >= 11 is 0. The predicted octanol–water partition coefficient (Wildman–Crippen LogP) is 1.32. The van der Waals surface area contributed by atoms with E-state index < -0.39 is 10.0 Å². The molecule has 8 heteroatoms. The van der Waals surface area contributed by atoms with Crippen LogP contribution < -0.4 is 4.74 Å². The van der Waals surface area contributed by atoms with Crippen molar-refractivity contribution in [1.82, 2.24) is 14.3 Å². The van der Waals surface area contributed by atoms with Crippen LogP contribution in [0.3, 0.4) is 0 Å². The number of ether oxygens (including phenoxy) is 1. The maximum atomic E-state index is 12.3. The zero-order chi connectivity index (χ0) is 16.0. The molecule has 1 aliphatic rings. The van der Waals surface area contributed by atoms with Crippen LogP contribution in [0.1, 0.15) is 38.3 Å². The lowest BCUT2D eigenvalue weighted by atomic mass is 10.1. The summed E-state index contributed by atoms with van der Waals surface area (Å²) in [6, 6.07) is 1.92. The van der Waals surface area contributed by atoms with Crippen molar-refractivity contribution in [1.29, 1.82) is 5.26 Å². The van der Waals surface area contributed by atoms with Gasteiger partial charge in [0.05, 0.1) is 12.3 Å². The van der Waals surface area contributed by atoms with Crippen molar-refractivity contribution in [2.45, 2.75) is 38.7 Å². The van der Waals surface area contributed by atoms with E-state index in [0.29, 0.717) is 19.5 Å². The molecule has 22 heavy (non-hydrogen) atoms. The number of nitrogens with zero attached hydrogens (tertiary/aromatic N) is 4. The van der Waals surface area contributed by atoms with Crippen LogP contribution in [0.2, 0.25) is 0 Å². The first-order valence-corrected chi connectivity index (χ1v) is 9.03. The van der Waals surface area contributed by atoms with Gasteiger partial charge in [-0.2, -0.15) is 9.57 Å².